The average Bonchev–Trinajstić information content (AvgIpc) is 2.66. The van der Waals surface area contributed by atoms with E-state index in [0.29, 0.717) is 42.4 Å². The Balaban J connectivity index is 2.22. The van der Waals surface area contributed by atoms with Crippen LogP contribution in [0.2, 0.25) is 0 Å². The standard InChI is InChI=1S/C20H29NO5/c1-5-11-26-17-9-8-15(12-16(17)18(22)24-3)21-19(23)20(25-4)10-6-7-14(2)13-20/h8-9,12,14H,5-7,10-11,13H2,1-4H3,(H,21,23)/t14-,20+/m1/s1. The summed E-state index contributed by atoms with van der Waals surface area (Å²) >= 11 is 0. The fourth-order valence-electron chi connectivity index (χ4n) is 3.45. The van der Waals surface area contributed by atoms with Crippen molar-refractivity contribution in [2.75, 3.05) is 26.1 Å². The molecule has 1 saturated carbocycles. The van der Waals surface area contributed by atoms with Crippen molar-refractivity contribution in [2.45, 2.75) is 51.6 Å². The maximum absolute atomic E-state index is 12.9. The second-order valence-corrected chi connectivity index (χ2v) is 6.91. The molecule has 1 amide bonds. The minimum atomic E-state index is -0.819. The van der Waals surface area contributed by atoms with Crippen molar-refractivity contribution in [3.05, 3.63) is 23.8 Å². The van der Waals surface area contributed by atoms with Crippen LogP contribution in [0.5, 0.6) is 5.75 Å². The maximum Gasteiger partial charge on any atom is 0.341 e. The molecular formula is C20H29NO5. The number of methoxy groups -OCH3 is 2. The minimum absolute atomic E-state index is 0.176. The van der Waals surface area contributed by atoms with E-state index in [9.17, 15) is 9.59 Å². The molecule has 0 aromatic heterocycles. The highest BCUT2D eigenvalue weighted by Crippen LogP contribution is 2.36. The monoisotopic (exact) mass is 363 g/mol. The van der Waals surface area contributed by atoms with E-state index in [2.05, 4.69) is 12.2 Å². The Morgan fingerprint density at radius 3 is 2.69 bits per heavy atom. The van der Waals surface area contributed by atoms with E-state index < -0.39 is 11.6 Å². The first-order valence-corrected chi connectivity index (χ1v) is 9.17. The van der Waals surface area contributed by atoms with Gasteiger partial charge in [-0.15, -0.1) is 0 Å². The molecule has 0 unspecified atom stereocenters. The molecule has 1 N–H and O–H groups in total. The topological polar surface area (TPSA) is 73.9 Å². The molecule has 2 atom stereocenters. The van der Waals surface area contributed by atoms with Crippen molar-refractivity contribution >= 4 is 17.6 Å². The number of anilines is 1. The highest BCUT2D eigenvalue weighted by atomic mass is 16.5. The van der Waals surface area contributed by atoms with Crippen LogP contribution < -0.4 is 10.1 Å². The lowest BCUT2D eigenvalue weighted by molar-refractivity contribution is -0.143. The van der Waals surface area contributed by atoms with Crippen LogP contribution in [0.3, 0.4) is 0 Å². The molecule has 1 aliphatic rings. The van der Waals surface area contributed by atoms with E-state index in [1.807, 2.05) is 6.92 Å². The molecule has 0 bridgehead atoms. The molecule has 0 saturated heterocycles. The molecule has 1 aromatic rings. The van der Waals surface area contributed by atoms with E-state index in [0.717, 1.165) is 19.3 Å². The Bertz CT molecular complexity index is 645. The Hall–Kier alpha value is -2.08. The summed E-state index contributed by atoms with van der Waals surface area (Å²) in [5, 5.41) is 2.90. The van der Waals surface area contributed by atoms with Crippen LogP contribution in [-0.2, 0) is 14.3 Å². The van der Waals surface area contributed by atoms with Crippen LogP contribution in [0.4, 0.5) is 5.69 Å². The SMILES string of the molecule is CCCOc1ccc(NC(=O)[C@]2(OC)CCC[C@@H](C)C2)cc1C(=O)OC. The molecule has 1 aliphatic carbocycles. The van der Waals surface area contributed by atoms with Crippen molar-refractivity contribution in [3.63, 3.8) is 0 Å². The van der Waals surface area contributed by atoms with Crippen molar-refractivity contribution in [1.82, 2.24) is 0 Å². The predicted molar refractivity (Wildman–Crippen MR) is 99.6 cm³/mol. The van der Waals surface area contributed by atoms with Gasteiger partial charge in [0.15, 0.2) is 0 Å². The van der Waals surface area contributed by atoms with E-state index in [1.165, 1.54) is 7.11 Å². The van der Waals surface area contributed by atoms with Gasteiger partial charge in [-0.05, 0) is 49.8 Å². The van der Waals surface area contributed by atoms with Gasteiger partial charge in [-0.1, -0.05) is 20.3 Å². The zero-order chi connectivity index (χ0) is 19.2. The van der Waals surface area contributed by atoms with Crippen LogP contribution in [0.25, 0.3) is 0 Å². The second kappa shape index (κ2) is 9.03. The van der Waals surface area contributed by atoms with Crippen molar-refractivity contribution in [1.29, 1.82) is 0 Å². The van der Waals surface area contributed by atoms with E-state index in [1.54, 1.807) is 25.3 Å². The summed E-state index contributed by atoms with van der Waals surface area (Å²) in [6, 6.07) is 5.00. The lowest BCUT2D eigenvalue weighted by Gasteiger charge is -2.37. The number of hydrogen-bond donors (Lipinski definition) is 1. The van der Waals surface area contributed by atoms with Gasteiger partial charge in [0.25, 0.3) is 5.91 Å². The fraction of sp³-hybridized carbons (Fsp3) is 0.600. The first-order valence-electron chi connectivity index (χ1n) is 9.17. The first-order chi connectivity index (χ1) is 12.5. The molecule has 6 heteroatoms. The molecule has 0 aliphatic heterocycles. The number of carbonyl (C=O) groups excluding carboxylic acids is 2. The molecular weight excluding hydrogens is 334 g/mol. The van der Waals surface area contributed by atoms with Gasteiger partial charge in [0.05, 0.1) is 13.7 Å². The third-order valence-electron chi connectivity index (χ3n) is 4.86. The number of amides is 1. The van der Waals surface area contributed by atoms with Gasteiger partial charge >= 0.3 is 5.97 Å². The molecule has 6 nitrogen and oxygen atoms in total. The second-order valence-electron chi connectivity index (χ2n) is 6.91. The molecule has 26 heavy (non-hydrogen) atoms. The Morgan fingerprint density at radius 2 is 2.08 bits per heavy atom. The molecule has 1 aromatic carbocycles. The maximum atomic E-state index is 12.9. The summed E-state index contributed by atoms with van der Waals surface area (Å²) in [5.74, 6) is 0.207. The number of carbonyl (C=O) groups is 2. The molecule has 0 radical (unpaired) electrons. The lowest BCUT2D eigenvalue weighted by Crippen LogP contribution is -2.47. The van der Waals surface area contributed by atoms with Gasteiger partial charge in [-0.25, -0.2) is 4.79 Å². The quantitative estimate of drug-likeness (QED) is 0.746. The lowest BCUT2D eigenvalue weighted by atomic mass is 9.78. The largest absolute Gasteiger partial charge is 0.493 e. The van der Waals surface area contributed by atoms with Gasteiger partial charge in [0.2, 0.25) is 0 Å². The van der Waals surface area contributed by atoms with E-state index >= 15 is 0 Å². The summed E-state index contributed by atoms with van der Waals surface area (Å²) in [5.41, 5.74) is -0.00311. The summed E-state index contributed by atoms with van der Waals surface area (Å²) in [6.45, 7) is 4.62. The Morgan fingerprint density at radius 1 is 1.31 bits per heavy atom. The van der Waals surface area contributed by atoms with Gasteiger partial charge in [-0.3, -0.25) is 4.79 Å². The number of hydrogen-bond acceptors (Lipinski definition) is 5. The molecule has 2 rings (SSSR count). The average molecular weight is 363 g/mol. The van der Waals surface area contributed by atoms with E-state index in [4.69, 9.17) is 14.2 Å². The Labute approximate surface area is 155 Å². The molecule has 144 valence electrons. The van der Waals surface area contributed by atoms with Crippen LogP contribution >= 0.6 is 0 Å². The van der Waals surface area contributed by atoms with Gasteiger partial charge in [0, 0.05) is 12.8 Å². The van der Waals surface area contributed by atoms with Crippen molar-refractivity contribution in [2.24, 2.45) is 5.92 Å². The molecule has 0 spiro atoms. The van der Waals surface area contributed by atoms with Gasteiger partial charge in [0.1, 0.15) is 16.9 Å². The normalized spacial score (nSPS) is 22.5. The number of ether oxygens (including phenoxy) is 3. The predicted octanol–water partition coefficient (Wildman–Crippen LogP) is 3.80. The Kier molecular flexibility index (Phi) is 7.03. The number of esters is 1. The van der Waals surface area contributed by atoms with E-state index in [-0.39, 0.29) is 5.91 Å². The third kappa shape index (κ3) is 4.55. The smallest absolute Gasteiger partial charge is 0.341 e. The van der Waals surface area contributed by atoms with Crippen LogP contribution in [0, 0.1) is 5.92 Å². The van der Waals surface area contributed by atoms with Crippen molar-refractivity contribution < 1.29 is 23.8 Å². The third-order valence-corrected chi connectivity index (χ3v) is 4.86. The van der Waals surface area contributed by atoms with Crippen molar-refractivity contribution in [3.8, 4) is 5.75 Å². The summed E-state index contributed by atoms with van der Waals surface area (Å²) in [4.78, 5) is 24.9. The van der Waals surface area contributed by atoms with Gasteiger partial charge in [-0.2, -0.15) is 0 Å². The fourth-order valence-corrected chi connectivity index (χ4v) is 3.45. The summed E-state index contributed by atoms with van der Waals surface area (Å²) < 4.78 is 16.1. The first kappa shape index (κ1) is 20.2. The summed E-state index contributed by atoms with van der Waals surface area (Å²) in [7, 11) is 2.90. The minimum Gasteiger partial charge on any atom is -0.493 e. The van der Waals surface area contributed by atoms with Crippen LogP contribution in [-0.4, -0.2) is 38.3 Å². The highest BCUT2D eigenvalue weighted by molar-refractivity contribution is 5.99. The number of nitrogens with one attached hydrogen (secondary N) is 1. The number of rotatable bonds is 7. The molecule has 0 heterocycles. The highest BCUT2D eigenvalue weighted by Gasteiger charge is 2.42. The van der Waals surface area contributed by atoms with Gasteiger partial charge < -0.3 is 19.5 Å². The zero-order valence-corrected chi connectivity index (χ0v) is 16.1. The number of benzene rings is 1. The molecule has 1 fully saturated rings. The van der Waals surface area contributed by atoms with Crippen LogP contribution in [0.15, 0.2) is 18.2 Å². The summed E-state index contributed by atoms with van der Waals surface area (Å²) in [6.07, 6.45) is 4.28. The zero-order valence-electron chi connectivity index (χ0n) is 16.1. The van der Waals surface area contributed by atoms with Crippen LogP contribution in [0.1, 0.15) is 56.3 Å².